The lowest BCUT2D eigenvalue weighted by atomic mass is 9.84. The van der Waals surface area contributed by atoms with Crippen LogP contribution in [0.2, 0.25) is 0 Å². The summed E-state index contributed by atoms with van der Waals surface area (Å²) in [7, 11) is 0.302. The van der Waals surface area contributed by atoms with Crippen molar-refractivity contribution in [3.63, 3.8) is 0 Å². The maximum absolute atomic E-state index is 2.39. The van der Waals surface area contributed by atoms with Crippen molar-refractivity contribution in [1.82, 2.24) is 0 Å². The van der Waals surface area contributed by atoms with Crippen molar-refractivity contribution in [3.05, 3.63) is 35.9 Å². The molecule has 146 valence electrons. The summed E-state index contributed by atoms with van der Waals surface area (Å²) < 4.78 is 0. The second-order valence-corrected chi connectivity index (χ2v) is 13.8. The summed E-state index contributed by atoms with van der Waals surface area (Å²) in [5, 5.41) is 0. The van der Waals surface area contributed by atoms with Gasteiger partial charge in [-0.2, -0.15) is 0 Å². The average molecular weight is 381 g/mol. The summed E-state index contributed by atoms with van der Waals surface area (Å²) in [6, 6.07) is 11.5. The minimum absolute atomic E-state index is 0.302. The first-order chi connectivity index (χ1) is 13.3. The first kappa shape index (κ1) is 17.5. The molecule has 0 aromatic heterocycles. The SMILES string of the molecule is c1ccc(C2CCC(P(C3CC4CCC3C4)C3CC4CCC3C4)CC2)cc1. The van der Waals surface area contributed by atoms with E-state index in [0.717, 1.165) is 35.2 Å². The lowest BCUT2D eigenvalue weighted by Gasteiger charge is -2.46. The van der Waals surface area contributed by atoms with Crippen LogP contribution in [0.3, 0.4) is 0 Å². The van der Waals surface area contributed by atoms with Crippen LogP contribution in [0.25, 0.3) is 0 Å². The second kappa shape index (κ2) is 7.16. The molecule has 6 rings (SSSR count). The summed E-state index contributed by atoms with van der Waals surface area (Å²) in [6.45, 7) is 0. The van der Waals surface area contributed by atoms with Gasteiger partial charge in [-0.25, -0.2) is 0 Å². The molecule has 5 saturated carbocycles. The van der Waals surface area contributed by atoms with E-state index in [2.05, 4.69) is 30.3 Å². The van der Waals surface area contributed by atoms with Gasteiger partial charge in [-0.05, 0) is 116 Å². The van der Waals surface area contributed by atoms with Crippen molar-refractivity contribution in [2.75, 3.05) is 0 Å². The molecule has 0 nitrogen and oxygen atoms in total. The van der Waals surface area contributed by atoms with Crippen LogP contribution in [0, 0.1) is 23.7 Å². The predicted octanol–water partition coefficient (Wildman–Crippen LogP) is 7.57. The van der Waals surface area contributed by atoms with Crippen molar-refractivity contribution in [2.45, 2.75) is 99.9 Å². The van der Waals surface area contributed by atoms with Crippen LogP contribution in [0.1, 0.15) is 88.5 Å². The first-order valence-corrected chi connectivity index (χ1v) is 13.7. The van der Waals surface area contributed by atoms with Gasteiger partial charge in [0.1, 0.15) is 0 Å². The van der Waals surface area contributed by atoms with Gasteiger partial charge < -0.3 is 0 Å². The molecule has 6 unspecified atom stereocenters. The molecule has 0 amide bonds. The van der Waals surface area contributed by atoms with Gasteiger partial charge in [0.15, 0.2) is 0 Å². The number of benzene rings is 1. The van der Waals surface area contributed by atoms with Crippen LogP contribution in [0.5, 0.6) is 0 Å². The number of hydrogen-bond acceptors (Lipinski definition) is 0. The Balaban J connectivity index is 1.20. The van der Waals surface area contributed by atoms with Gasteiger partial charge >= 0.3 is 0 Å². The highest BCUT2D eigenvalue weighted by Gasteiger charge is 2.52. The fourth-order valence-electron chi connectivity index (χ4n) is 8.37. The van der Waals surface area contributed by atoms with Crippen molar-refractivity contribution < 1.29 is 0 Å². The van der Waals surface area contributed by atoms with E-state index < -0.39 is 0 Å². The molecule has 5 aliphatic rings. The Kier molecular flexibility index (Phi) is 4.64. The minimum Gasteiger partial charge on any atom is -0.0966 e. The second-order valence-electron chi connectivity index (χ2n) is 10.8. The summed E-state index contributed by atoms with van der Waals surface area (Å²) in [6.07, 6.45) is 19.0. The Morgan fingerprint density at radius 3 is 1.67 bits per heavy atom. The van der Waals surface area contributed by atoms with E-state index >= 15 is 0 Å². The van der Waals surface area contributed by atoms with Crippen LogP contribution in [-0.2, 0) is 0 Å². The van der Waals surface area contributed by atoms with E-state index in [-0.39, 0.29) is 0 Å². The van der Waals surface area contributed by atoms with E-state index in [9.17, 15) is 0 Å². The quantitative estimate of drug-likeness (QED) is 0.472. The van der Waals surface area contributed by atoms with Crippen molar-refractivity contribution in [1.29, 1.82) is 0 Å². The summed E-state index contributed by atoms with van der Waals surface area (Å²) in [5.41, 5.74) is 5.15. The molecule has 0 heterocycles. The number of rotatable bonds is 4. The molecule has 6 atom stereocenters. The Morgan fingerprint density at radius 2 is 1.19 bits per heavy atom. The molecule has 1 aromatic carbocycles. The van der Waals surface area contributed by atoms with Gasteiger partial charge in [0.2, 0.25) is 0 Å². The van der Waals surface area contributed by atoms with Gasteiger partial charge in [-0.3, -0.25) is 0 Å². The topological polar surface area (TPSA) is 0 Å². The number of hydrogen-bond donors (Lipinski definition) is 0. The van der Waals surface area contributed by atoms with Gasteiger partial charge in [-0.15, -0.1) is 0 Å². The Hall–Kier alpha value is -0.350. The number of fused-ring (bicyclic) bond motifs is 4. The molecule has 0 N–H and O–H groups in total. The van der Waals surface area contributed by atoms with Crippen molar-refractivity contribution in [3.8, 4) is 0 Å². The Bertz CT molecular complexity index is 617. The van der Waals surface area contributed by atoms with E-state index in [4.69, 9.17) is 0 Å². The molecule has 0 radical (unpaired) electrons. The highest BCUT2D eigenvalue weighted by Crippen LogP contribution is 2.70. The van der Waals surface area contributed by atoms with Crippen LogP contribution in [0.4, 0.5) is 0 Å². The zero-order valence-electron chi connectivity index (χ0n) is 16.9. The first-order valence-electron chi connectivity index (χ1n) is 12.2. The van der Waals surface area contributed by atoms with Crippen LogP contribution < -0.4 is 0 Å². The molecular formula is C26H37P. The summed E-state index contributed by atoms with van der Waals surface area (Å²) in [5.74, 6) is 5.46. The lowest BCUT2D eigenvalue weighted by molar-refractivity contribution is 0.423. The molecule has 27 heavy (non-hydrogen) atoms. The van der Waals surface area contributed by atoms with Crippen molar-refractivity contribution in [2.24, 2.45) is 23.7 Å². The third-order valence-corrected chi connectivity index (χ3v) is 13.7. The zero-order chi connectivity index (χ0) is 17.8. The van der Waals surface area contributed by atoms with Gasteiger partial charge in [0.05, 0.1) is 0 Å². The summed E-state index contributed by atoms with van der Waals surface area (Å²) >= 11 is 0. The molecule has 5 aliphatic carbocycles. The van der Waals surface area contributed by atoms with Crippen LogP contribution in [-0.4, -0.2) is 17.0 Å². The molecule has 0 saturated heterocycles. The minimum atomic E-state index is 0.302. The normalized spacial score (nSPS) is 46.8. The standard InChI is InChI=1S/C26H37P/c1-2-4-20(5-3-1)21-10-12-24(13-11-21)27(25-16-18-6-8-22(25)14-18)26-17-19-7-9-23(26)15-19/h1-5,18-19,21-26H,6-17H2. The molecule has 5 fully saturated rings. The van der Waals surface area contributed by atoms with Crippen LogP contribution in [0.15, 0.2) is 30.3 Å². The van der Waals surface area contributed by atoms with Crippen LogP contribution >= 0.6 is 7.92 Å². The summed E-state index contributed by atoms with van der Waals surface area (Å²) in [4.78, 5) is 0. The fourth-order valence-corrected chi connectivity index (χ4v) is 13.4. The maximum Gasteiger partial charge on any atom is -0.0162 e. The van der Waals surface area contributed by atoms with Crippen molar-refractivity contribution >= 4 is 7.92 Å². The van der Waals surface area contributed by atoms with E-state index in [1.54, 1.807) is 69.8 Å². The van der Waals surface area contributed by atoms with E-state index in [1.807, 2.05) is 0 Å². The highest BCUT2D eigenvalue weighted by molar-refractivity contribution is 7.60. The Labute approximate surface area is 167 Å². The monoisotopic (exact) mass is 380 g/mol. The molecular weight excluding hydrogens is 343 g/mol. The third-order valence-electron chi connectivity index (χ3n) is 9.56. The zero-order valence-corrected chi connectivity index (χ0v) is 17.8. The Morgan fingerprint density at radius 1 is 0.593 bits per heavy atom. The third kappa shape index (κ3) is 3.13. The van der Waals surface area contributed by atoms with Gasteiger partial charge in [0, 0.05) is 0 Å². The molecule has 1 heteroatoms. The largest absolute Gasteiger partial charge is 0.0966 e. The maximum atomic E-state index is 2.39. The van der Waals surface area contributed by atoms with Gasteiger partial charge in [0.25, 0.3) is 0 Å². The smallest absolute Gasteiger partial charge is 0.0162 e. The average Bonchev–Trinajstić information content (AvgIpc) is 3.52. The lowest BCUT2D eigenvalue weighted by Crippen LogP contribution is -2.31. The molecule has 0 spiro atoms. The van der Waals surface area contributed by atoms with E-state index in [1.165, 1.54) is 24.2 Å². The molecule has 0 aliphatic heterocycles. The molecule has 4 bridgehead atoms. The highest BCUT2D eigenvalue weighted by atomic mass is 31.1. The van der Waals surface area contributed by atoms with Gasteiger partial charge in [-0.1, -0.05) is 51.1 Å². The van der Waals surface area contributed by atoms with E-state index in [0.29, 0.717) is 7.92 Å². The predicted molar refractivity (Wildman–Crippen MR) is 117 cm³/mol. The molecule has 1 aromatic rings. The fraction of sp³-hybridized carbons (Fsp3) is 0.769.